The molecule has 0 fully saturated rings. The van der Waals surface area contributed by atoms with Crippen molar-refractivity contribution < 1.29 is 22.5 Å². The maximum Gasteiger partial charge on any atom is 0.246 e. The predicted molar refractivity (Wildman–Crippen MR) is 69.4 cm³/mol. The van der Waals surface area contributed by atoms with Gasteiger partial charge in [0.15, 0.2) is 5.76 Å². The van der Waals surface area contributed by atoms with Gasteiger partial charge in [0, 0.05) is 6.54 Å². The molecule has 2 aromatic heterocycles. The fourth-order valence-electron chi connectivity index (χ4n) is 1.84. The van der Waals surface area contributed by atoms with E-state index in [1.165, 1.54) is 27.0 Å². The molecule has 0 bridgehead atoms. The summed E-state index contributed by atoms with van der Waals surface area (Å²) in [6.45, 7) is 4.28. The van der Waals surface area contributed by atoms with Gasteiger partial charge in [0.05, 0.1) is 6.26 Å². The minimum atomic E-state index is -3.81. The monoisotopic (exact) mass is 300 g/mol. The van der Waals surface area contributed by atoms with E-state index >= 15 is 0 Å². The Morgan fingerprint density at radius 3 is 2.65 bits per heavy atom. The molecular weight excluding hydrogens is 284 g/mol. The van der Waals surface area contributed by atoms with Crippen LogP contribution in [-0.4, -0.2) is 25.2 Å². The van der Waals surface area contributed by atoms with Crippen LogP contribution in [0.2, 0.25) is 0 Å². The minimum Gasteiger partial charge on any atom is -0.466 e. The Hall–Kier alpha value is -1.64. The Kier molecular flexibility index (Phi) is 3.72. The molecule has 2 aromatic rings. The zero-order chi connectivity index (χ0) is 15.0. The molecule has 0 aliphatic carbocycles. The highest BCUT2D eigenvalue weighted by molar-refractivity contribution is 7.89. The first-order chi connectivity index (χ1) is 9.24. The van der Waals surface area contributed by atoms with E-state index in [0.29, 0.717) is 0 Å². The lowest BCUT2D eigenvalue weighted by Gasteiger charge is -2.21. The average Bonchev–Trinajstić information content (AvgIpc) is 2.98. The number of furan rings is 1. The van der Waals surface area contributed by atoms with Gasteiger partial charge < -0.3 is 14.0 Å². The topological polar surface area (TPSA) is 106 Å². The molecule has 20 heavy (non-hydrogen) atoms. The molecule has 0 spiro atoms. The lowest BCUT2D eigenvalue weighted by atomic mass is 10.1. The molecular formula is C12H16N2O5S. The van der Waals surface area contributed by atoms with Gasteiger partial charge in [0.2, 0.25) is 10.0 Å². The van der Waals surface area contributed by atoms with Crippen molar-refractivity contribution in [2.75, 3.05) is 6.54 Å². The standard InChI is InChI=1S/C12H16N2O5S/c1-8-11(9(2)19-14-8)20(16,17)13-7-12(3,15)10-5-4-6-18-10/h4-6,13,15H,7H2,1-3H3. The molecule has 110 valence electrons. The molecule has 0 aliphatic rings. The predicted octanol–water partition coefficient (Wildman–Crippen LogP) is 1.07. The van der Waals surface area contributed by atoms with Crippen molar-refractivity contribution in [1.29, 1.82) is 0 Å². The summed E-state index contributed by atoms with van der Waals surface area (Å²) in [6.07, 6.45) is 1.41. The van der Waals surface area contributed by atoms with Crippen molar-refractivity contribution in [2.45, 2.75) is 31.3 Å². The molecule has 0 saturated heterocycles. The van der Waals surface area contributed by atoms with Crippen LogP contribution >= 0.6 is 0 Å². The first-order valence-electron chi connectivity index (χ1n) is 5.93. The smallest absolute Gasteiger partial charge is 0.246 e. The summed E-state index contributed by atoms with van der Waals surface area (Å²) in [6, 6.07) is 3.19. The zero-order valence-corrected chi connectivity index (χ0v) is 12.2. The van der Waals surface area contributed by atoms with Crippen LogP contribution in [0, 0.1) is 13.8 Å². The number of rotatable bonds is 5. The maximum absolute atomic E-state index is 12.2. The average molecular weight is 300 g/mol. The van der Waals surface area contributed by atoms with E-state index in [-0.39, 0.29) is 28.7 Å². The molecule has 0 aliphatic heterocycles. The number of sulfonamides is 1. The number of hydrogen-bond donors (Lipinski definition) is 2. The van der Waals surface area contributed by atoms with Crippen LogP contribution in [0.5, 0.6) is 0 Å². The third kappa shape index (κ3) is 2.77. The Labute approximate surface area is 116 Å². The van der Waals surface area contributed by atoms with Gasteiger partial charge in [-0.05, 0) is 32.9 Å². The molecule has 0 radical (unpaired) electrons. The Morgan fingerprint density at radius 1 is 1.45 bits per heavy atom. The summed E-state index contributed by atoms with van der Waals surface area (Å²) >= 11 is 0. The number of hydrogen-bond acceptors (Lipinski definition) is 6. The molecule has 1 unspecified atom stereocenters. The van der Waals surface area contributed by atoms with Crippen molar-refractivity contribution in [3.8, 4) is 0 Å². The van der Waals surface area contributed by atoms with E-state index in [1.54, 1.807) is 12.1 Å². The number of aromatic nitrogens is 1. The van der Waals surface area contributed by atoms with Crippen LogP contribution in [-0.2, 0) is 15.6 Å². The van der Waals surface area contributed by atoms with E-state index in [1.807, 2.05) is 0 Å². The second kappa shape index (κ2) is 5.04. The number of nitrogens with zero attached hydrogens (tertiary/aromatic N) is 1. The zero-order valence-electron chi connectivity index (χ0n) is 11.4. The van der Waals surface area contributed by atoms with Gasteiger partial charge in [-0.25, -0.2) is 13.1 Å². The highest BCUT2D eigenvalue weighted by Gasteiger charge is 2.31. The first kappa shape index (κ1) is 14.8. The Bertz CT molecular complexity index is 666. The highest BCUT2D eigenvalue weighted by Crippen LogP contribution is 2.22. The summed E-state index contributed by atoms with van der Waals surface area (Å²) in [4.78, 5) is -0.00672. The molecule has 0 saturated carbocycles. The van der Waals surface area contributed by atoms with E-state index in [2.05, 4.69) is 9.88 Å². The minimum absolute atomic E-state index is 0.00672. The summed E-state index contributed by atoms with van der Waals surface area (Å²) in [7, 11) is -3.81. The number of nitrogens with one attached hydrogen (secondary N) is 1. The second-order valence-electron chi connectivity index (χ2n) is 4.73. The normalized spacial score (nSPS) is 15.2. The maximum atomic E-state index is 12.2. The molecule has 2 heterocycles. The van der Waals surface area contributed by atoms with Gasteiger partial charge in [0.25, 0.3) is 0 Å². The van der Waals surface area contributed by atoms with E-state index in [4.69, 9.17) is 8.94 Å². The lowest BCUT2D eigenvalue weighted by molar-refractivity contribution is 0.0395. The molecule has 7 nitrogen and oxygen atoms in total. The summed E-state index contributed by atoms with van der Waals surface area (Å²) in [5.41, 5.74) is -1.18. The van der Waals surface area contributed by atoms with Gasteiger partial charge in [-0.3, -0.25) is 0 Å². The van der Waals surface area contributed by atoms with Gasteiger partial charge in [0.1, 0.15) is 22.0 Å². The van der Waals surface area contributed by atoms with Gasteiger partial charge >= 0.3 is 0 Å². The number of aliphatic hydroxyl groups is 1. The van der Waals surface area contributed by atoms with E-state index in [0.717, 1.165) is 0 Å². The van der Waals surface area contributed by atoms with Crippen molar-refractivity contribution in [3.05, 3.63) is 35.6 Å². The highest BCUT2D eigenvalue weighted by atomic mass is 32.2. The third-order valence-corrected chi connectivity index (χ3v) is 4.54. The fraction of sp³-hybridized carbons (Fsp3) is 0.417. The summed E-state index contributed by atoms with van der Waals surface area (Å²) in [5, 5.41) is 13.8. The second-order valence-corrected chi connectivity index (χ2v) is 6.43. The third-order valence-electron chi connectivity index (χ3n) is 2.90. The van der Waals surface area contributed by atoms with Gasteiger partial charge in [-0.1, -0.05) is 5.16 Å². The summed E-state index contributed by atoms with van der Waals surface area (Å²) < 4.78 is 36.7. The summed E-state index contributed by atoms with van der Waals surface area (Å²) in [5.74, 6) is 0.478. The van der Waals surface area contributed by atoms with Crippen molar-refractivity contribution in [1.82, 2.24) is 9.88 Å². The molecule has 2 N–H and O–H groups in total. The van der Waals surface area contributed by atoms with Gasteiger partial charge in [-0.2, -0.15) is 0 Å². The lowest BCUT2D eigenvalue weighted by Crippen LogP contribution is -2.38. The largest absolute Gasteiger partial charge is 0.466 e. The van der Waals surface area contributed by atoms with Crippen LogP contribution in [0.15, 0.2) is 32.2 Å². The molecule has 0 amide bonds. The fourth-order valence-corrected chi connectivity index (χ4v) is 3.30. The van der Waals surface area contributed by atoms with E-state index < -0.39 is 15.6 Å². The molecule has 2 rings (SSSR count). The SMILES string of the molecule is Cc1noc(C)c1S(=O)(=O)NCC(C)(O)c1ccco1. The van der Waals surface area contributed by atoms with E-state index in [9.17, 15) is 13.5 Å². The Morgan fingerprint density at radius 2 is 2.15 bits per heavy atom. The molecule has 1 atom stereocenters. The Balaban J connectivity index is 2.19. The van der Waals surface area contributed by atoms with Crippen molar-refractivity contribution in [3.63, 3.8) is 0 Å². The molecule has 8 heteroatoms. The van der Waals surface area contributed by atoms with Crippen molar-refractivity contribution >= 4 is 10.0 Å². The quantitative estimate of drug-likeness (QED) is 0.855. The van der Waals surface area contributed by atoms with Crippen LogP contribution in [0.4, 0.5) is 0 Å². The number of aryl methyl sites for hydroxylation is 2. The van der Waals surface area contributed by atoms with Crippen LogP contribution in [0.25, 0.3) is 0 Å². The van der Waals surface area contributed by atoms with Gasteiger partial charge in [-0.15, -0.1) is 0 Å². The van der Waals surface area contributed by atoms with Crippen LogP contribution in [0.1, 0.15) is 24.1 Å². The molecule has 0 aromatic carbocycles. The van der Waals surface area contributed by atoms with Crippen molar-refractivity contribution in [2.24, 2.45) is 0 Å². The van der Waals surface area contributed by atoms with Crippen LogP contribution < -0.4 is 4.72 Å². The first-order valence-corrected chi connectivity index (χ1v) is 7.41. The van der Waals surface area contributed by atoms with Crippen LogP contribution in [0.3, 0.4) is 0 Å².